The first kappa shape index (κ1) is 17.4. The lowest BCUT2D eigenvalue weighted by Crippen LogP contribution is -1.92. The molecule has 0 atom stereocenters. The van der Waals surface area contributed by atoms with Gasteiger partial charge in [-0.3, -0.25) is 4.79 Å². The van der Waals surface area contributed by atoms with Crippen LogP contribution in [-0.4, -0.2) is 23.6 Å². The monoisotopic (exact) mass is 371 g/mol. The molecule has 0 aliphatic heterocycles. The van der Waals surface area contributed by atoms with Gasteiger partial charge >= 0.3 is 0 Å². The summed E-state index contributed by atoms with van der Waals surface area (Å²) in [7, 11) is 1.62. The molecular weight excluding hydrogens is 354 g/mol. The number of anilines is 2. The van der Waals surface area contributed by atoms with Crippen LogP contribution in [0.15, 0.2) is 46.8 Å². The van der Waals surface area contributed by atoms with E-state index in [9.17, 15) is 4.79 Å². The minimum absolute atomic E-state index is 0.635. The molecule has 1 heterocycles. The van der Waals surface area contributed by atoms with Crippen molar-refractivity contribution < 1.29 is 9.53 Å². The summed E-state index contributed by atoms with van der Waals surface area (Å²) < 4.78 is 6.21. The van der Waals surface area contributed by atoms with Gasteiger partial charge in [0.1, 0.15) is 12.0 Å². The first-order valence-corrected chi connectivity index (χ1v) is 9.40. The number of rotatable bonds is 7. The topological polar surface area (TPSA) is 64.1 Å². The van der Waals surface area contributed by atoms with Crippen LogP contribution in [0.1, 0.15) is 21.5 Å². The van der Waals surface area contributed by atoms with Crippen molar-refractivity contribution in [2.75, 3.05) is 12.4 Å². The summed E-state index contributed by atoms with van der Waals surface area (Å²) >= 11 is 3.06. The minimum atomic E-state index is 0.635. The van der Waals surface area contributed by atoms with Gasteiger partial charge in [-0.15, -0.1) is 10.2 Å². The summed E-state index contributed by atoms with van der Waals surface area (Å²) in [6.45, 7) is 2.05. The molecule has 0 bridgehead atoms. The fourth-order valence-electron chi connectivity index (χ4n) is 2.29. The van der Waals surface area contributed by atoms with Crippen LogP contribution >= 0.6 is 23.1 Å². The summed E-state index contributed by atoms with van der Waals surface area (Å²) in [4.78, 5) is 11.0. The second-order valence-corrected chi connectivity index (χ2v) is 7.55. The maximum Gasteiger partial charge on any atom is 0.210 e. The molecule has 0 aliphatic rings. The molecule has 0 spiro atoms. The van der Waals surface area contributed by atoms with Crippen molar-refractivity contribution in [2.45, 2.75) is 17.0 Å². The van der Waals surface area contributed by atoms with Crippen LogP contribution < -0.4 is 10.1 Å². The number of hydrogen-bond donors (Lipinski definition) is 1. The van der Waals surface area contributed by atoms with E-state index in [4.69, 9.17) is 4.74 Å². The van der Waals surface area contributed by atoms with Crippen LogP contribution in [0.25, 0.3) is 0 Å². The van der Waals surface area contributed by atoms with Crippen LogP contribution in [0.4, 0.5) is 10.8 Å². The molecule has 7 heteroatoms. The molecule has 2 aromatic carbocycles. The number of ether oxygens (including phenoxy) is 1. The van der Waals surface area contributed by atoms with Crippen molar-refractivity contribution in [3.05, 3.63) is 59.2 Å². The lowest BCUT2D eigenvalue weighted by Gasteiger charge is -2.07. The largest absolute Gasteiger partial charge is 0.496 e. The molecule has 1 aromatic heterocycles. The second-order valence-electron chi connectivity index (χ2n) is 5.35. The number of benzene rings is 2. The van der Waals surface area contributed by atoms with Gasteiger partial charge in [-0.25, -0.2) is 0 Å². The van der Waals surface area contributed by atoms with E-state index in [0.717, 1.165) is 32.8 Å². The molecule has 0 radical (unpaired) electrons. The molecule has 5 nitrogen and oxygen atoms in total. The van der Waals surface area contributed by atoms with Gasteiger partial charge in [-0.1, -0.05) is 35.2 Å². The normalized spacial score (nSPS) is 10.5. The summed E-state index contributed by atoms with van der Waals surface area (Å²) in [5.74, 6) is 1.42. The summed E-state index contributed by atoms with van der Waals surface area (Å²) in [5, 5.41) is 12.4. The standard InChI is InChI=1S/C18H17N3O2S2/c1-12-4-3-5-15(8-12)19-17-20-21-18(25-17)24-11-14-9-13(10-22)6-7-16(14)23-2/h3-10H,11H2,1-2H3,(H,19,20). The predicted octanol–water partition coefficient (Wildman–Crippen LogP) is 4.70. The highest BCUT2D eigenvalue weighted by atomic mass is 32.2. The van der Waals surface area contributed by atoms with Crippen LogP contribution in [-0.2, 0) is 5.75 Å². The van der Waals surface area contributed by atoms with E-state index in [1.165, 1.54) is 16.9 Å². The lowest BCUT2D eigenvalue weighted by molar-refractivity contribution is 0.112. The zero-order valence-corrected chi connectivity index (χ0v) is 15.5. The van der Waals surface area contributed by atoms with Gasteiger partial charge in [0, 0.05) is 22.6 Å². The van der Waals surface area contributed by atoms with Gasteiger partial charge < -0.3 is 10.1 Å². The number of hydrogen-bond acceptors (Lipinski definition) is 7. The molecule has 25 heavy (non-hydrogen) atoms. The second kappa shape index (κ2) is 8.13. The third kappa shape index (κ3) is 4.58. The van der Waals surface area contributed by atoms with Gasteiger partial charge in [0.25, 0.3) is 0 Å². The molecule has 0 unspecified atom stereocenters. The molecule has 0 fully saturated rings. The van der Waals surface area contributed by atoms with E-state index < -0.39 is 0 Å². The molecule has 0 saturated carbocycles. The van der Waals surface area contributed by atoms with Gasteiger partial charge in [0.05, 0.1) is 7.11 Å². The molecule has 0 saturated heterocycles. The Hall–Kier alpha value is -2.38. The molecular formula is C18H17N3O2S2. The maximum atomic E-state index is 11.0. The van der Waals surface area contributed by atoms with E-state index in [0.29, 0.717) is 11.3 Å². The highest BCUT2D eigenvalue weighted by Gasteiger charge is 2.09. The van der Waals surface area contributed by atoms with Gasteiger partial charge in [-0.2, -0.15) is 0 Å². The molecule has 0 amide bonds. The minimum Gasteiger partial charge on any atom is -0.496 e. The van der Waals surface area contributed by atoms with E-state index in [1.807, 2.05) is 37.3 Å². The lowest BCUT2D eigenvalue weighted by atomic mass is 10.1. The van der Waals surface area contributed by atoms with Crippen molar-refractivity contribution >= 4 is 40.2 Å². The molecule has 3 rings (SSSR count). The SMILES string of the molecule is COc1ccc(C=O)cc1CSc1nnc(Nc2cccc(C)c2)s1. The Labute approximate surface area is 154 Å². The average Bonchev–Trinajstić information content (AvgIpc) is 3.07. The Morgan fingerprint density at radius 1 is 1.24 bits per heavy atom. The number of nitrogens with one attached hydrogen (secondary N) is 1. The molecule has 128 valence electrons. The summed E-state index contributed by atoms with van der Waals surface area (Å²) in [5.41, 5.74) is 3.77. The Kier molecular flexibility index (Phi) is 5.67. The predicted molar refractivity (Wildman–Crippen MR) is 102 cm³/mol. The average molecular weight is 371 g/mol. The first-order chi connectivity index (χ1) is 12.2. The fourth-order valence-corrected chi connectivity index (χ4v) is 4.04. The Balaban J connectivity index is 1.67. The number of aldehydes is 1. The Morgan fingerprint density at radius 3 is 2.88 bits per heavy atom. The number of carbonyl (C=O) groups excluding carboxylic acids is 1. The maximum absolute atomic E-state index is 11.0. The van der Waals surface area contributed by atoms with Crippen LogP contribution in [0.2, 0.25) is 0 Å². The number of aryl methyl sites for hydroxylation is 1. The van der Waals surface area contributed by atoms with E-state index in [2.05, 4.69) is 21.6 Å². The molecule has 3 aromatic rings. The van der Waals surface area contributed by atoms with E-state index in [1.54, 1.807) is 24.9 Å². The Bertz CT molecular complexity index is 880. The zero-order chi connectivity index (χ0) is 17.6. The third-order valence-electron chi connectivity index (χ3n) is 3.47. The van der Waals surface area contributed by atoms with E-state index >= 15 is 0 Å². The highest BCUT2D eigenvalue weighted by molar-refractivity contribution is 8.00. The van der Waals surface area contributed by atoms with Crippen LogP contribution in [0, 0.1) is 6.92 Å². The zero-order valence-electron chi connectivity index (χ0n) is 13.9. The quantitative estimate of drug-likeness (QED) is 0.480. The van der Waals surface area contributed by atoms with Crippen LogP contribution in [0.5, 0.6) is 5.75 Å². The van der Waals surface area contributed by atoms with Crippen molar-refractivity contribution in [1.82, 2.24) is 10.2 Å². The number of aromatic nitrogens is 2. The van der Waals surface area contributed by atoms with Crippen molar-refractivity contribution in [1.29, 1.82) is 0 Å². The van der Waals surface area contributed by atoms with E-state index in [-0.39, 0.29) is 0 Å². The summed E-state index contributed by atoms with van der Waals surface area (Å²) in [6.07, 6.45) is 0.836. The summed E-state index contributed by atoms with van der Waals surface area (Å²) in [6, 6.07) is 13.5. The Morgan fingerprint density at radius 2 is 2.12 bits per heavy atom. The molecule has 1 N–H and O–H groups in total. The van der Waals surface area contributed by atoms with Crippen molar-refractivity contribution in [3.8, 4) is 5.75 Å². The third-order valence-corrected chi connectivity index (χ3v) is 5.49. The first-order valence-electron chi connectivity index (χ1n) is 7.60. The van der Waals surface area contributed by atoms with Crippen LogP contribution in [0.3, 0.4) is 0 Å². The van der Waals surface area contributed by atoms with Crippen molar-refractivity contribution in [3.63, 3.8) is 0 Å². The molecule has 0 aliphatic carbocycles. The number of methoxy groups -OCH3 is 1. The van der Waals surface area contributed by atoms with Gasteiger partial charge in [0.15, 0.2) is 4.34 Å². The number of nitrogens with zero attached hydrogens (tertiary/aromatic N) is 2. The van der Waals surface area contributed by atoms with Gasteiger partial charge in [-0.05, 0) is 42.8 Å². The van der Waals surface area contributed by atoms with Gasteiger partial charge in [0.2, 0.25) is 5.13 Å². The van der Waals surface area contributed by atoms with Crippen molar-refractivity contribution in [2.24, 2.45) is 0 Å². The number of thioether (sulfide) groups is 1. The fraction of sp³-hybridized carbons (Fsp3) is 0.167. The number of carbonyl (C=O) groups is 1. The smallest absolute Gasteiger partial charge is 0.210 e. The highest BCUT2D eigenvalue weighted by Crippen LogP contribution is 2.32.